The Kier molecular flexibility index (Phi) is 4.98. The lowest BCUT2D eigenvalue weighted by Crippen LogP contribution is -2.44. The van der Waals surface area contributed by atoms with Crippen molar-refractivity contribution in [2.45, 2.75) is 18.9 Å². The third-order valence-corrected chi connectivity index (χ3v) is 6.50. The van der Waals surface area contributed by atoms with E-state index in [1.54, 1.807) is 24.1 Å². The van der Waals surface area contributed by atoms with Gasteiger partial charge in [0.25, 0.3) is 5.91 Å². The van der Waals surface area contributed by atoms with Gasteiger partial charge in [0.1, 0.15) is 0 Å². The Morgan fingerprint density at radius 3 is 2.59 bits per heavy atom. The number of H-pyrrole nitrogens is 1. The van der Waals surface area contributed by atoms with E-state index in [1.165, 1.54) is 0 Å². The Labute approximate surface area is 191 Å². The number of carbonyl (C=O) groups excluding carboxylic acids is 2. The van der Waals surface area contributed by atoms with Crippen LogP contribution in [-0.2, 0) is 4.79 Å². The molecule has 5 nitrogen and oxygen atoms in total. The number of aryl methyl sites for hydroxylation is 1. The molecule has 0 saturated carbocycles. The summed E-state index contributed by atoms with van der Waals surface area (Å²) in [5.74, 6) is -0.920. The minimum absolute atomic E-state index is 0.103. The van der Waals surface area contributed by atoms with Crippen molar-refractivity contribution in [2.24, 2.45) is 0 Å². The Bertz CT molecular complexity index is 1360. The predicted octanol–water partition coefficient (Wildman–Crippen LogP) is 5.68. The van der Waals surface area contributed by atoms with E-state index in [0.29, 0.717) is 21.8 Å². The summed E-state index contributed by atoms with van der Waals surface area (Å²) in [5.41, 5.74) is 4.69. The van der Waals surface area contributed by atoms with Gasteiger partial charge in [0.15, 0.2) is 0 Å². The number of hydrogen-bond donors (Lipinski definition) is 2. The number of rotatable bonds is 3. The molecule has 2 N–H and O–H groups in total. The molecule has 5 rings (SSSR count). The van der Waals surface area contributed by atoms with Gasteiger partial charge in [-0.3, -0.25) is 9.59 Å². The summed E-state index contributed by atoms with van der Waals surface area (Å²) in [7, 11) is 1.75. The molecule has 0 unspecified atom stereocenters. The fraction of sp³-hybridized carbons (Fsp3) is 0.154. The molecular weight excluding hydrogens is 422 g/mol. The second-order valence-corrected chi connectivity index (χ2v) is 8.60. The normalized spacial score (nSPS) is 18.0. The number of benzene rings is 3. The summed E-state index contributed by atoms with van der Waals surface area (Å²) in [6.45, 7) is 1.95. The molecule has 1 aliphatic rings. The van der Waals surface area contributed by atoms with Crippen molar-refractivity contribution < 1.29 is 9.59 Å². The van der Waals surface area contributed by atoms with E-state index in [0.717, 1.165) is 22.0 Å². The summed E-state index contributed by atoms with van der Waals surface area (Å²) in [6.07, 6.45) is 1.90. The minimum Gasteiger partial charge on any atom is -0.361 e. The summed E-state index contributed by atoms with van der Waals surface area (Å²) in [4.78, 5) is 31.9. The van der Waals surface area contributed by atoms with Gasteiger partial charge in [-0.2, -0.15) is 0 Å². The van der Waals surface area contributed by atoms with Gasteiger partial charge in [-0.05, 0) is 42.3 Å². The zero-order valence-corrected chi connectivity index (χ0v) is 18.5. The Morgan fingerprint density at radius 2 is 1.78 bits per heavy atom. The van der Waals surface area contributed by atoms with Crippen LogP contribution >= 0.6 is 11.6 Å². The third kappa shape index (κ3) is 3.26. The molecule has 6 heteroatoms. The van der Waals surface area contributed by atoms with Gasteiger partial charge < -0.3 is 15.2 Å². The first-order valence-electron chi connectivity index (χ1n) is 10.4. The van der Waals surface area contributed by atoms with E-state index in [9.17, 15) is 9.59 Å². The fourth-order valence-corrected chi connectivity index (χ4v) is 4.90. The first kappa shape index (κ1) is 20.3. The topological polar surface area (TPSA) is 65.2 Å². The summed E-state index contributed by atoms with van der Waals surface area (Å²) in [6, 6.07) is 20.3. The first-order chi connectivity index (χ1) is 15.5. The van der Waals surface area contributed by atoms with Crippen molar-refractivity contribution >= 4 is 40.0 Å². The average molecular weight is 444 g/mol. The lowest BCUT2D eigenvalue weighted by atomic mass is 9.79. The molecule has 160 valence electrons. The number of nitrogens with zero attached hydrogens (tertiary/aromatic N) is 1. The molecule has 0 saturated heterocycles. The van der Waals surface area contributed by atoms with Crippen LogP contribution < -0.4 is 5.32 Å². The fourth-order valence-electron chi connectivity index (χ4n) is 4.62. The van der Waals surface area contributed by atoms with Crippen LogP contribution in [0.5, 0.6) is 0 Å². The highest BCUT2D eigenvalue weighted by molar-refractivity contribution is 6.33. The van der Waals surface area contributed by atoms with Crippen LogP contribution in [0.15, 0.2) is 72.9 Å². The molecule has 2 amide bonds. The highest BCUT2D eigenvalue weighted by Gasteiger charge is 2.43. The van der Waals surface area contributed by atoms with Crippen LogP contribution in [0.4, 0.5) is 5.69 Å². The number of halogens is 1. The van der Waals surface area contributed by atoms with Crippen molar-refractivity contribution in [3.8, 4) is 0 Å². The number of likely N-dealkylation sites (N-methyl/N-ethyl adjacent to an activating group) is 1. The number of amides is 2. The van der Waals surface area contributed by atoms with Gasteiger partial charge in [0, 0.05) is 35.3 Å². The van der Waals surface area contributed by atoms with Gasteiger partial charge in [0.05, 0.1) is 22.7 Å². The lowest BCUT2D eigenvalue weighted by Gasteiger charge is -2.39. The number of fused-ring (bicyclic) bond motifs is 2. The minimum atomic E-state index is -0.606. The maximum Gasteiger partial charge on any atom is 0.254 e. The molecule has 0 aliphatic carbocycles. The van der Waals surface area contributed by atoms with Crippen molar-refractivity contribution in [1.82, 2.24) is 9.88 Å². The average Bonchev–Trinajstić information content (AvgIpc) is 3.21. The standard InChI is InChI=1S/C26H22ClN3O2/c1-15-11-12-22(20(27)13-15)29-25(31)23-17-8-3-4-9-18(17)26(32)30(2)24(23)19-14-28-21-10-6-5-7-16(19)21/h3-14,23-24,28H,1-2H3,(H,29,31)/t23-,24+/m1/s1. The molecule has 2 atom stereocenters. The summed E-state index contributed by atoms with van der Waals surface area (Å²) in [5, 5.41) is 4.47. The first-order valence-corrected chi connectivity index (χ1v) is 10.8. The van der Waals surface area contributed by atoms with Crippen molar-refractivity contribution in [2.75, 3.05) is 12.4 Å². The van der Waals surface area contributed by atoms with Crippen LogP contribution in [0.25, 0.3) is 10.9 Å². The molecule has 1 aromatic heterocycles. The van der Waals surface area contributed by atoms with Crippen molar-refractivity contribution in [3.05, 3.63) is 100 Å². The molecule has 32 heavy (non-hydrogen) atoms. The number of para-hydroxylation sites is 1. The van der Waals surface area contributed by atoms with E-state index in [-0.39, 0.29) is 11.8 Å². The van der Waals surface area contributed by atoms with Gasteiger partial charge >= 0.3 is 0 Å². The van der Waals surface area contributed by atoms with Crippen molar-refractivity contribution in [3.63, 3.8) is 0 Å². The zero-order chi connectivity index (χ0) is 22.4. The molecule has 4 aromatic rings. The van der Waals surface area contributed by atoms with Gasteiger partial charge in [-0.1, -0.05) is 54.1 Å². The van der Waals surface area contributed by atoms with Crippen LogP contribution in [0.2, 0.25) is 5.02 Å². The number of carbonyl (C=O) groups is 2. The smallest absolute Gasteiger partial charge is 0.254 e. The quantitative estimate of drug-likeness (QED) is 0.428. The van der Waals surface area contributed by atoms with E-state index < -0.39 is 12.0 Å². The maximum absolute atomic E-state index is 13.7. The molecule has 0 bridgehead atoms. The van der Waals surface area contributed by atoms with E-state index in [1.807, 2.05) is 67.7 Å². The van der Waals surface area contributed by atoms with Gasteiger partial charge in [-0.15, -0.1) is 0 Å². The Morgan fingerprint density at radius 1 is 1.03 bits per heavy atom. The van der Waals surface area contributed by atoms with E-state index in [4.69, 9.17) is 11.6 Å². The number of hydrogen-bond acceptors (Lipinski definition) is 2. The van der Waals surface area contributed by atoms with E-state index in [2.05, 4.69) is 10.3 Å². The van der Waals surface area contributed by atoms with Crippen LogP contribution in [0.1, 0.15) is 39.0 Å². The molecule has 3 aromatic carbocycles. The monoisotopic (exact) mass is 443 g/mol. The highest BCUT2D eigenvalue weighted by atomic mass is 35.5. The molecule has 0 spiro atoms. The number of aromatic amines is 1. The lowest BCUT2D eigenvalue weighted by molar-refractivity contribution is -0.119. The third-order valence-electron chi connectivity index (χ3n) is 6.18. The number of aromatic nitrogens is 1. The van der Waals surface area contributed by atoms with Crippen LogP contribution in [0, 0.1) is 6.92 Å². The summed E-state index contributed by atoms with van der Waals surface area (Å²) < 4.78 is 0. The van der Waals surface area contributed by atoms with Crippen LogP contribution in [0.3, 0.4) is 0 Å². The molecule has 0 fully saturated rings. The predicted molar refractivity (Wildman–Crippen MR) is 127 cm³/mol. The van der Waals surface area contributed by atoms with Crippen LogP contribution in [-0.4, -0.2) is 28.7 Å². The Balaban J connectivity index is 1.65. The summed E-state index contributed by atoms with van der Waals surface area (Å²) >= 11 is 6.39. The Hall–Kier alpha value is -3.57. The second kappa shape index (κ2) is 7.84. The number of nitrogens with one attached hydrogen (secondary N) is 2. The van der Waals surface area contributed by atoms with Crippen molar-refractivity contribution in [1.29, 1.82) is 0 Å². The maximum atomic E-state index is 13.7. The molecule has 2 heterocycles. The molecule has 1 aliphatic heterocycles. The second-order valence-electron chi connectivity index (χ2n) is 8.19. The largest absolute Gasteiger partial charge is 0.361 e. The SMILES string of the molecule is Cc1ccc(NC(=O)[C@@H]2c3ccccc3C(=O)N(C)[C@H]2c2c[nH]c3ccccc23)c(Cl)c1. The highest BCUT2D eigenvalue weighted by Crippen LogP contribution is 2.44. The molecule has 0 radical (unpaired) electrons. The molecular formula is C26H22ClN3O2. The zero-order valence-electron chi connectivity index (χ0n) is 17.7. The van der Waals surface area contributed by atoms with Gasteiger partial charge in [0.2, 0.25) is 5.91 Å². The van der Waals surface area contributed by atoms with E-state index >= 15 is 0 Å². The number of anilines is 1. The van der Waals surface area contributed by atoms with Gasteiger partial charge in [-0.25, -0.2) is 0 Å².